The van der Waals surface area contributed by atoms with E-state index in [-0.39, 0.29) is 5.78 Å². The van der Waals surface area contributed by atoms with Crippen molar-refractivity contribution in [1.82, 2.24) is 4.90 Å². The standard InChI is InChI=1S/C28H29NO6/c1-33-23-17-21(18-24(19-23)34-2)26(25(30)20-9-5-3-6-10-20)35-27(31)29-15-13-28(32,14-16-29)22-11-7-4-8-12-22/h3-12,17-19,26,32H,13-16H2,1-2H3. The van der Waals surface area contributed by atoms with Crippen LogP contribution in [0.25, 0.3) is 0 Å². The minimum atomic E-state index is -1.19. The number of carbonyl (C=O) groups is 2. The van der Waals surface area contributed by atoms with Gasteiger partial charge in [-0.2, -0.15) is 0 Å². The minimum absolute atomic E-state index is 0.303. The molecule has 0 aliphatic carbocycles. The van der Waals surface area contributed by atoms with Gasteiger partial charge in [0.05, 0.1) is 19.8 Å². The van der Waals surface area contributed by atoms with Crippen molar-refractivity contribution in [2.45, 2.75) is 24.5 Å². The number of aliphatic hydroxyl groups is 1. The van der Waals surface area contributed by atoms with Gasteiger partial charge in [-0.05, 0) is 30.5 Å². The van der Waals surface area contributed by atoms with Crippen LogP contribution in [0.3, 0.4) is 0 Å². The van der Waals surface area contributed by atoms with E-state index in [0.717, 1.165) is 5.56 Å². The Morgan fingerprint density at radius 2 is 1.40 bits per heavy atom. The third-order valence-corrected chi connectivity index (χ3v) is 6.35. The van der Waals surface area contributed by atoms with Crippen molar-refractivity contribution in [3.63, 3.8) is 0 Å². The number of rotatable bonds is 7. The third-order valence-electron chi connectivity index (χ3n) is 6.35. The predicted molar refractivity (Wildman–Crippen MR) is 131 cm³/mol. The maximum absolute atomic E-state index is 13.4. The molecule has 0 saturated carbocycles. The molecule has 1 fully saturated rings. The van der Waals surface area contributed by atoms with E-state index in [0.29, 0.717) is 48.6 Å². The van der Waals surface area contributed by atoms with Gasteiger partial charge in [0.1, 0.15) is 11.5 Å². The highest BCUT2D eigenvalue weighted by Gasteiger charge is 2.37. The van der Waals surface area contributed by atoms with Crippen LogP contribution in [0.15, 0.2) is 78.9 Å². The van der Waals surface area contributed by atoms with Gasteiger partial charge in [-0.15, -0.1) is 0 Å². The van der Waals surface area contributed by atoms with E-state index in [1.54, 1.807) is 42.5 Å². The van der Waals surface area contributed by atoms with Gasteiger partial charge in [0.25, 0.3) is 0 Å². The van der Waals surface area contributed by atoms with Crippen LogP contribution in [0.5, 0.6) is 11.5 Å². The molecule has 1 N–H and O–H groups in total. The number of carbonyl (C=O) groups excluding carboxylic acids is 2. The molecule has 1 saturated heterocycles. The van der Waals surface area contributed by atoms with Crippen LogP contribution in [0.2, 0.25) is 0 Å². The molecule has 7 heteroatoms. The summed E-state index contributed by atoms with van der Waals surface area (Å²) < 4.78 is 16.5. The molecule has 1 heterocycles. The summed E-state index contributed by atoms with van der Waals surface area (Å²) in [7, 11) is 3.03. The second kappa shape index (κ2) is 10.6. The topological polar surface area (TPSA) is 85.3 Å². The van der Waals surface area contributed by atoms with E-state index in [2.05, 4.69) is 0 Å². The first-order chi connectivity index (χ1) is 16.9. The molecule has 0 bridgehead atoms. The fraction of sp³-hybridized carbons (Fsp3) is 0.286. The molecule has 35 heavy (non-hydrogen) atoms. The van der Waals surface area contributed by atoms with Crippen LogP contribution in [-0.2, 0) is 10.3 Å². The Bertz CT molecular complexity index is 1130. The molecular formula is C28H29NO6. The Labute approximate surface area is 204 Å². The molecule has 1 aliphatic rings. The smallest absolute Gasteiger partial charge is 0.410 e. The molecule has 1 aliphatic heterocycles. The molecule has 1 unspecified atom stereocenters. The molecular weight excluding hydrogens is 446 g/mol. The molecule has 1 atom stereocenters. The molecule has 0 aromatic heterocycles. The monoisotopic (exact) mass is 475 g/mol. The van der Waals surface area contributed by atoms with E-state index in [9.17, 15) is 14.7 Å². The van der Waals surface area contributed by atoms with Gasteiger partial charge in [-0.1, -0.05) is 60.7 Å². The number of ketones is 1. The van der Waals surface area contributed by atoms with Crippen molar-refractivity contribution in [3.8, 4) is 11.5 Å². The first-order valence-corrected chi connectivity index (χ1v) is 11.5. The highest BCUT2D eigenvalue weighted by Crippen LogP contribution is 2.34. The van der Waals surface area contributed by atoms with Crippen molar-refractivity contribution in [1.29, 1.82) is 0 Å². The quantitative estimate of drug-likeness (QED) is 0.497. The van der Waals surface area contributed by atoms with Crippen molar-refractivity contribution in [2.24, 2.45) is 0 Å². The summed E-state index contributed by atoms with van der Waals surface area (Å²) in [4.78, 5) is 28.1. The van der Waals surface area contributed by atoms with Gasteiger partial charge in [-0.3, -0.25) is 4.79 Å². The van der Waals surface area contributed by atoms with Crippen molar-refractivity contribution < 1.29 is 28.9 Å². The fourth-order valence-corrected chi connectivity index (χ4v) is 4.28. The Kier molecular flexibility index (Phi) is 7.36. The molecule has 3 aromatic rings. The molecule has 4 rings (SSSR count). The SMILES string of the molecule is COc1cc(OC)cc(C(OC(=O)N2CCC(O)(c3ccccc3)CC2)C(=O)c2ccccc2)c1. The molecule has 0 spiro atoms. The largest absolute Gasteiger partial charge is 0.497 e. The normalized spacial score (nSPS) is 15.7. The zero-order valence-electron chi connectivity index (χ0n) is 19.8. The van der Waals surface area contributed by atoms with Crippen molar-refractivity contribution in [3.05, 3.63) is 95.6 Å². The average molecular weight is 476 g/mol. The zero-order valence-corrected chi connectivity index (χ0v) is 19.8. The Hall–Kier alpha value is -3.84. The van der Waals surface area contributed by atoms with E-state index in [1.807, 2.05) is 36.4 Å². The van der Waals surface area contributed by atoms with Gasteiger partial charge in [0, 0.05) is 30.3 Å². The first-order valence-electron chi connectivity index (χ1n) is 11.5. The molecule has 182 valence electrons. The highest BCUT2D eigenvalue weighted by molar-refractivity contribution is 6.01. The Morgan fingerprint density at radius 1 is 0.857 bits per heavy atom. The van der Waals surface area contributed by atoms with Crippen LogP contribution >= 0.6 is 0 Å². The van der Waals surface area contributed by atoms with Crippen LogP contribution in [0.4, 0.5) is 4.79 Å². The number of Topliss-reactive ketones (excluding diaryl/α,β-unsaturated/α-hetero) is 1. The molecule has 0 radical (unpaired) electrons. The van der Waals surface area contributed by atoms with E-state index < -0.39 is 17.8 Å². The number of methoxy groups -OCH3 is 2. The van der Waals surface area contributed by atoms with Gasteiger partial charge < -0.3 is 24.2 Å². The lowest BCUT2D eigenvalue weighted by Crippen LogP contribution is -2.45. The number of likely N-dealkylation sites (tertiary alicyclic amines) is 1. The summed E-state index contributed by atoms with van der Waals surface area (Å²) in [6.45, 7) is 0.607. The van der Waals surface area contributed by atoms with Crippen molar-refractivity contribution in [2.75, 3.05) is 27.3 Å². The summed E-state index contributed by atoms with van der Waals surface area (Å²) >= 11 is 0. The second-order valence-corrected chi connectivity index (χ2v) is 8.52. The Morgan fingerprint density at radius 3 is 1.94 bits per heavy atom. The van der Waals surface area contributed by atoms with Crippen LogP contribution in [-0.4, -0.2) is 49.2 Å². The highest BCUT2D eigenvalue weighted by atomic mass is 16.6. The summed E-state index contributed by atoms with van der Waals surface area (Å²) in [5.41, 5.74) is 0.691. The van der Waals surface area contributed by atoms with E-state index in [1.165, 1.54) is 19.1 Å². The van der Waals surface area contributed by atoms with Crippen molar-refractivity contribution >= 4 is 11.9 Å². The van der Waals surface area contributed by atoms with Gasteiger partial charge in [0.15, 0.2) is 6.10 Å². The molecule has 7 nitrogen and oxygen atoms in total. The lowest BCUT2D eigenvalue weighted by atomic mass is 9.84. The number of piperidine rings is 1. The van der Waals surface area contributed by atoms with Gasteiger partial charge in [-0.25, -0.2) is 4.79 Å². The molecule has 3 aromatic carbocycles. The number of benzene rings is 3. The third kappa shape index (κ3) is 5.46. The van der Waals surface area contributed by atoms with Crippen LogP contribution in [0.1, 0.15) is 40.4 Å². The zero-order chi connectivity index (χ0) is 24.8. The summed E-state index contributed by atoms with van der Waals surface area (Å²) in [6, 6.07) is 23.1. The second-order valence-electron chi connectivity index (χ2n) is 8.52. The lowest BCUT2D eigenvalue weighted by Gasteiger charge is -2.38. The number of hydrogen-bond donors (Lipinski definition) is 1. The van der Waals surface area contributed by atoms with E-state index >= 15 is 0 Å². The summed E-state index contributed by atoms with van der Waals surface area (Å²) in [6.07, 6.45) is -1.06. The van der Waals surface area contributed by atoms with E-state index in [4.69, 9.17) is 14.2 Å². The molecule has 1 amide bonds. The van der Waals surface area contributed by atoms with Gasteiger partial charge >= 0.3 is 6.09 Å². The maximum atomic E-state index is 13.4. The number of amides is 1. The number of hydrogen-bond acceptors (Lipinski definition) is 6. The van der Waals surface area contributed by atoms with Gasteiger partial charge in [0.2, 0.25) is 5.78 Å². The summed E-state index contributed by atoms with van der Waals surface area (Å²) in [5.74, 6) is 0.603. The summed E-state index contributed by atoms with van der Waals surface area (Å²) in [5, 5.41) is 11.1. The predicted octanol–water partition coefficient (Wildman–Crippen LogP) is 4.75. The maximum Gasteiger partial charge on any atom is 0.410 e. The minimum Gasteiger partial charge on any atom is -0.497 e. The van der Waals surface area contributed by atoms with Crippen LogP contribution in [0, 0.1) is 0 Å². The fourth-order valence-electron chi connectivity index (χ4n) is 4.28. The first kappa shape index (κ1) is 24.3. The lowest BCUT2D eigenvalue weighted by molar-refractivity contribution is -0.0282. The number of ether oxygens (including phenoxy) is 3. The Balaban J connectivity index is 1.56. The number of nitrogens with zero attached hydrogens (tertiary/aromatic N) is 1. The van der Waals surface area contributed by atoms with Crippen LogP contribution < -0.4 is 9.47 Å². The average Bonchev–Trinajstić information content (AvgIpc) is 2.92.